The number of carbonyl (C=O) groups is 1. The molecule has 0 aliphatic rings. The maximum atomic E-state index is 9.89. The number of ether oxygens (including phenoxy) is 1. The summed E-state index contributed by atoms with van der Waals surface area (Å²) in [5.74, 6) is 0. The summed E-state index contributed by atoms with van der Waals surface area (Å²) in [6, 6.07) is 8.23. The third-order valence-electron chi connectivity index (χ3n) is 1.71. The zero-order valence-electron chi connectivity index (χ0n) is 9.53. The van der Waals surface area contributed by atoms with Crippen molar-refractivity contribution in [2.75, 3.05) is 12.9 Å². The van der Waals surface area contributed by atoms with Gasteiger partial charge in [0.1, 0.15) is 0 Å². The zero-order valence-corrected chi connectivity index (χ0v) is 10.3. The molecule has 0 heterocycles. The Hall–Kier alpha value is -0.960. The Morgan fingerprint density at radius 1 is 1.40 bits per heavy atom. The molecule has 15 heavy (non-hydrogen) atoms. The Labute approximate surface area is 96.0 Å². The van der Waals surface area contributed by atoms with E-state index in [0.717, 1.165) is 6.42 Å². The molecule has 0 aliphatic heterocycles. The number of benzene rings is 1. The molecule has 0 radical (unpaired) electrons. The van der Waals surface area contributed by atoms with Crippen LogP contribution in [0.5, 0.6) is 0 Å². The number of thioether (sulfide) groups is 1. The Balaban J connectivity index is 0.000000921. The molecule has 0 unspecified atom stereocenters. The molecule has 0 fully saturated rings. The minimum atomic E-state index is 0.460. The van der Waals surface area contributed by atoms with Crippen LogP contribution in [0.4, 0.5) is 0 Å². The van der Waals surface area contributed by atoms with Crippen molar-refractivity contribution < 1.29 is 9.53 Å². The van der Waals surface area contributed by atoms with Crippen LogP contribution in [-0.2, 0) is 16.0 Å². The summed E-state index contributed by atoms with van der Waals surface area (Å²) in [7, 11) is 0. The molecular weight excluding hydrogens is 208 g/mol. The van der Waals surface area contributed by atoms with Crippen molar-refractivity contribution in [3.8, 4) is 0 Å². The van der Waals surface area contributed by atoms with Crippen LogP contribution >= 0.6 is 11.8 Å². The van der Waals surface area contributed by atoms with Crippen LogP contribution in [0.25, 0.3) is 0 Å². The molecule has 1 aromatic carbocycles. The second-order valence-electron chi connectivity index (χ2n) is 2.57. The summed E-state index contributed by atoms with van der Waals surface area (Å²) in [6.07, 6.45) is 2.83. The molecule has 3 heteroatoms. The van der Waals surface area contributed by atoms with Gasteiger partial charge in [0.05, 0.1) is 6.61 Å². The molecule has 84 valence electrons. The standard InChI is InChI=1S/C10H12O2S.C2H6/c1-13-10-4-2-3-9(7-10)5-6-12-8-11;1-2/h2-4,7-8H,5-6H2,1H3;1-2H3. The SMILES string of the molecule is CC.CSc1cccc(CCOC=O)c1. The second kappa shape index (κ2) is 9.59. The van der Waals surface area contributed by atoms with E-state index in [0.29, 0.717) is 13.1 Å². The smallest absolute Gasteiger partial charge is 0.293 e. The third kappa shape index (κ3) is 6.18. The highest BCUT2D eigenvalue weighted by molar-refractivity contribution is 7.98. The predicted molar refractivity (Wildman–Crippen MR) is 65.3 cm³/mol. The van der Waals surface area contributed by atoms with Gasteiger partial charge in [0.2, 0.25) is 0 Å². The van der Waals surface area contributed by atoms with E-state index in [4.69, 9.17) is 0 Å². The zero-order chi connectivity index (χ0) is 11.5. The van der Waals surface area contributed by atoms with Gasteiger partial charge in [-0.2, -0.15) is 0 Å². The van der Waals surface area contributed by atoms with Crippen molar-refractivity contribution in [2.24, 2.45) is 0 Å². The van der Waals surface area contributed by atoms with Crippen molar-refractivity contribution >= 4 is 18.2 Å². The van der Waals surface area contributed by atoms with E-state index in [9.17, 15) is 4.79 Å². The van der Waals surface area contributed by atoms with Gasteiger partial charge in [-0.05, 0) is 24.0 Å². The first-order valence-corrected chi connectivity index (χ1v) is 6.27. The lowest BCUT2D eigenvalue weighted by Gasteiger charge is -2.01. The van der Waals surface area contributed by atoms with Gasteiger partial charge in [0.25, 0.3) is 6.47 Å². The molecule has 1 rings (SSSR count). The van der Waals surface area contributed by atoms with E-state index < -0.39 is 0 Å². The highest BCUT2D eigenvalue weighted by Gasteiger charge is 1.94. The van der Waals surface area contributed by atoms with Gasteiger partial charge < -0.3 is 4.74 Å². The van der Waals surface area contributed by atoms with Crippen LogP contribution in [0.3, 0.4) is 0 Å². The predicted octanol–water partition coefficient (Wildman–Crippen LogP) is 3.15. The molecule has 0 amide bonds. The molecule has 0 bridgehead atoms. The average Bonchev–Trinajstić information content (AvgIpc) is 2.32. The molecule has 2 nitrogen and oxygen atoms in total. The van der Waals surface area contributed by atoms with E-state index in [-0.39, 0.29) is 0 Å². The molecule has 0 aliphatic carbocycles. The molecule has 0 spiro atoms. The molecule has 0 atom stereocenters. The Morgan fingerprint density at radius 3 is 2.73 bits per heavy atom. The van der Waals surface area contributed by atoms with E-state index in [1.807, 2.05) is 32.2 Å². The van der Waals surface area contributed by atoms with Crippen molar-refractivity contribution in [1.82, 2.24) is 0 Å². The summed E-state index contributed by atoms with van der Waals surface area (Å²) >= 11 is 1.71. The average molecular weight is 226 g/mol. The Kier molecular flexibility index (Phi) is 8.98. The first kappa shape index (κ1) is 14.0. The lowest BCUT2D eigenvalue weighted by atomic mass is 10.2. The van der Waals surface area contributed by atoms with Gasteiger partial charge in [-0.15, -0.1) is 11.8 Å². The van der Waals surface area contributed by atoms with Gasteiger partial charge in [0.15, 0.2) is 0 Å². The first-order chi connectivity index (χ1) is 7.36. The molecule has 0 saturated carbocycles. The van der Waals surface area contributed by atoms with Crippen molar-refractivity contribution in [1.29, 1.82) is 0 Å². The minimum Gasteiger partial charge on any atom is -0.468 e. The summed E-state index contributed by atoms with van der Waals surface area (Å²) in [5, 5.41) is 0. The Morgan fingerprint density at radius 2 is 2.13 bits per heavy atom. The number of hydrogen-bond acceptors (Lipinski definition) is 3. The molecule has 0 aromatic heterocycles. The lowest BCUT2D eigenvalue weighted by molar-refractivity contribution is -0.128. The molecule has 0 N–H and O–H groups in total. The van der Waals surface area contributed by atoms with Crippen LogP contribution in [0, 0.1) is 0 Å². The van der Waals surface area contributed by atoms with Crippen LogP contribution in [0.2, 0.25) is 0 Å². The third-order valence-corrected chi connectivity index (χ3v) is 2.44. The van der Waals surface area contributed by atoms with Crippen molar-refractivity contribution in [2.45, 2.75) is 25.2 Å². The largest absolute Gasteiger partial charge is 0.468 e. The maximum Gasteiger partial charge on any atom is 0.293 e. The maximum absolute atomic E-state index is 9.89. The topological polar surface area (TPSA) is 26.3 Å². The van der Waals surface area contributed by atoms with Gasteiger partial charge in [-0.1, -0.05) is 26.0 Å². The fourth-order valence-electron chi connectivity index (χ4n) is 1.05. The van der Waals surface area contributed by atoms with Crippen molar-refractivity contribution in [3.63, 3.8) is 0 Å². The van der Waals surface area contributed by atoms with Gasteiger partial charge in [-0.3, -0.25) is 4.79 Å². The van der Waals surface area contributed by atoms with Gasteiger partial charge in [-0.25, -0.2) is 0 Å². The van der Waals surface area contributed by atoms with Crippen LogP contribution in [-0.4, -0.2) is 19.3 Å². The Bertz CT molecular complexity index is 274. The van der Waals surface area contributed by atoms with Gasteiger partial charge in [0, 0.05) is 11.3 Å². The molecule has 1 aromatic rings. The van der Waals surface area contributed by atoms with Crippen LogP contribution in [0.1, 0.15) is 19.4 Å². The highest BCUT2D eigenvalue weighted by Crippen LogP contribution is 2.15. The molecular formula is C12H18O2S. The lowest BCUT2D eigenvalue weighted by Crippen LogP contribution is -1.96. The van der Waals surface area contributed by atoms with E-state index in [1.54, 1.807) is 11.8 Å². The van der Waals surface area contributed by atoms with E-state index in [2.05, 4.69) is 16.9 Å². The van der Waals surface area contributed by atoms with Gasteiger partial charge >= 0.3 is 0 Å². The normalized spacial score (nSPS) is 8.73. The molecule has 0 saturated heterocycles. The quantitative estimate of drug-likeness (QED) is 0.438. The fraction of sp³-hybridized carbons (Fsp3) is 0.417. The second-order valence-corrected chi connectivity index (χ2v) is 3.45. The van der Waals surface area contributed by atoms with Crippen LogP contribution in [0.15, 0.2) is 29.2 Å². The van der Waals surface area contributed by atoms with E-state index >= 15 is 0 Å². The summed E-state index contributed by atoms with van der Waals surface area (Å²) in [4.78, 5) is 11.1. The monoisotopic (exact) mass is 226 g/mol. The number of hydrogen-bond donors (Lipinski definition) is 0. The summed E-state index contributed by atoms with van der Waals surface area (Å²) in [5.41, 5.74) is 1.20. The van der Waals surface area contributed by atoms with E-state index in [1.165, 1.54) is 10.5 Å². The van der Waals surface area contributed by atoms with Crippen LogP contribution < -0.4 is 0 Å². The highest BCUT2D eigenvalue weighted by atomic mass is 32.2. The first-order valence-electron chi connectivity index (χ1n) is 5.05. The van der Waals surface area contributed by atoms with Crippen molar-refractivity contribution in [3.05, 3.63) is 29.8 Å². The minimum absolute atomic E-state index is 0.460. The number of rotatable bonds is 5. The fourth-order valence-corrected chi connectivity index (χ4v) is 1.54. The summed E-state index contributed by atoms with van der Waals surface area (Å²) < 4.78 is 4.62. The number of carbonyl (C=O) groups excluding carboxylic acids is 1. The summed E-state index contributed by atoms with van der Waals surface area (Å²) in [6.45, 7) is 4.94.